The van der Waals surface area contributed by atoms with E-state index in [9.17, 15) is 0 Å². The van der Waals surface area contributed by atoms with Crippen LogP contribution in [0.1, 0.15) is 116 Å². The molecule has 1 aliphatic heterocycles. The average molecular weight is 660 g/mol. The first-order valence-electron chi connectivity index (χ1n) is 17.2. The van der Waals surface area contributed by atoms with Crippen LogP contribution in [0.4, 0.5) is 0 Å². The number of hydrogen-bond donors (Lipinski definition) is 0. The molecule has 0 spiro atoms. The van der Waals surface area contributed by atoms with Gasteiger partial charge in [-0.2, -0.15) is 0 Å². The molecular weight excluding hydrogens is 600 g/mol. The fraction of sp³-hybridized carbons (Fsp3) is 0.600. The molecule has 2 aromatic rings. The fourth-order valence-corrected chi connectivity index (χ4v) is 27.5. The molecule has 3 aliphatic rings. The SMILES string of the molecule is CCC[CH2][Zr]1([CH2]C(CC)(C2=CC([Si](C)(C)C)=CC2)C2c3ccc(C(C)(C)C)cc3-c3cc(C(C)(C)C)ccc32)[CH2][CH]1C. The summed E-state index contributed by atoms with van der Waals surface area (Å²) in [6.45, 7) is 29.5. The number of unbranched alkanes of at least 4 members (excludes halogenated alkanes) is 1. The number of hydrogen-bond acceptors (Lipinski definition) is 0. The number of benzene rings is 2. The number of fused-ring (bicyclic) bond motifs is 3. The maximum atomic E-state index is 2.76. The van der Waals surface area contributed by atoms with E-state index in [1.165, 1.54) is 47.9 Å². The number of allylic oxidation sites excluding steroid dienone is 4. The summed E-state index contributed by atoms with van der Waals surface area (Å²) in [5.41, 5.74) is 11.6. The quantitative estimate of drug-likeness (QED) is 0.235. The second-order valence-corrected chi connectivity index (χ2v) is 34.9. The second-order valence-electron chi connectivity index (χ2n) is 17.6. The van der Waals surface area contributed by atoms with Crippen molar-refractivity contribution in [3.63, 3.8) is 0 Å². The van der Waals surface area contributed by atoms with E-state index in [2.05, 4.69) is 131 Å². The van der Waals surface area contributed by atoms with E-state index < -0.39 is 28.3 Å². The first-order chi connectivity index (χ1) is 19.5. The van der Waals surface area contributed by atoms with Crippen molar-refractivity contribution in [3.8, 4) is 11.1 Å². The van der Waals surface area contributed by atoms with Crippen LogP contribution in [0.15, 0.2) is 59.3 Å². The Morgan fingerprint density at radius 1 is 0.833 bits per heavy atom. The zero-order valence-corrected chi connectivity index (χ0v) is 32.7. The Bertz CT molecular complexity index is 1340. The summed E-state index contributed by atoms with van der Waals surface area (Å²) in [4.78, 5) is 0. The average Bonchev–Trinajstić information content (AvgIpc) is 3.25. The monoisotopic (exact) mass is 658 g/mol. The Hall–Kier alpha value is -0.980. The van der Waals surface area contributed by atoms with Gasteiger partial charge in [-0.1, -0.05) is 0 Å². The van der Waals surface area contributed by atoms with Crippen molar-refractivity contribution in [1.82, 2.24) is 0 Å². The molecule has 0 N–H and O–H groups in total. The van der Waals surface area contributed by atoms with Crippen LogP contribution in [0, 0.1) is 5.41 Å². The van der Waals surface area contributed by atoms with Gasteiger partial charge in [-0.05, 0) is 0 Å². The molecule has 1 saturated heterocycles. The molecule has 0 amide bonds. The van der Waals surface area contributed by atoms with E-state index in [1.807, 2.05) is 0 Å². The van der Waals surface area contributed by atoms with Gasteiger partial charge >= 0.3 is 267 Å². The summed E-state index contributed by atoms with van der Waals surface area (Å²) in [6, 6.07) is 15.3. The van der Waals surface area contributed by atoms with E-state index >= 15 is 0 Å². The predicted molar refractivity (Wildman–Crippen MR) is 187 cm³/mol. The third-order valence-electron chi connectivity index (χ3n) is 11.6. The standard InChI is InChI=1S/C33H45Si.C4H9.C3H6.Zr/c1-12-33(8,24-13-16-25(19-24)34(9,10)11)30-26-17-14-22(31(2,3)4)20-28(26)29-21-23(32(5,6)7)15-18-27(29)30;1-3-4-2;1-3-2;/h14-21,30H,8,12-13H2,1-7,9-11H3;1,3-4H2,2H3;3H,1H2,2H3;. The molecule has 0 radical (unpaired) electrons. The van der Waals surface area contributed by atoms with Crippen LogP contribution in [0.5, 0.6) is 0 Å². The second kappa shape index (κ2) is 11.1. The van der Waals surface area contributed by atoms with Gasteiger partial charge in [0.05, 0.1) is 0 Å². The van der Waals surface area contributed by atoms with Crippen LogP contribution in [-0.4, -0.2) is 8.07 Å². The molecule has 0 saturated carbocycles. The van der Waals surface area contributed by atoms with Crippen molar-refractivity contribution in [2.75, 3.05) is 0 Å². The molecule has 0 aromatic heterocycles. The van der Waals surface area contributed by atoms with Gasteiger partial charge in [0.1, 0.15) is 0 Å². The zero-order chi connectivity index (χ0) is 30.9. The molecular formula is C40H60SiZr. The van der Waals surface area contributed by atoms with Crippen molar-refractivity contribution < 1.29 is 20.3 Å². The van der Waals surface area contributed by atoms with E-state index in [4.69, 9.17) is 0 Å². The van der Waals surface area contributed by atoms with Crippen molar-refractivity contribution in [3.05, 3.63) is 81.6 Å². The van der Waals surface area contributed by atoms with E-state index in [0.29, 0.717) is 5.92 Å². The van der Waals surface area contributed by atoms with Crippen LogP contribution in [0.3, 0.4) is 0 Å². The Kier molecular flexibility index (Phi) is 8.58. The normalized spacial score (nSPS) is 23.8. The maximum absolute atomic E-state index is 2.76. The predicted octanol–water partition coefficient (Wildman–Crippen LogP) is 13.0. The van der Waals surface area contributed by atoms with Gasteiger partial charge in [-0.3, -0.25) is 0 Å². The van der Waals surface area contributed by atoms with E-state index in [1.54, 1.807) is 34.3 Å². The summed E-state index contributed by atoms with van der Waals surface area (Å²) in [5, 5.41) is 1.70. The van der Waals surface area contributed by atoms with Gasteiger partial charge in [0.25, 0.3) is 0 Å². The fourth-order valence-electron chi connectivity index (χ4n) is 8.52. The Morgan fingerprint density at radius 2 is 1.36 bits per heavy atom. The summed E-state index contributed by atoms with van der Waals surface area (Å²) in [5.74, 6) is 0.471. The third kappa shape index (κ3) is 5.75. The van der Waals surface area contributed by atoms with Gasteiger partial charge in [0.2, 0.25) is 0 Å². The van der Waals surface area contributed by atoms with Gasteiger partial charge in [0.15, 0.2) is 0 Å². The molecule has 0 bridgehead atoms. The summed E-state index contributed by atoms with van der Waals surface area (Å²) in [6.07, 6.45) is 10.7. The topological polar surface area (TPSA) is 0 Å². The molecule has 2 aliphatic carbocycles. The van der Waals surface area contributed by atoms with Crippen LogP contribution < -0.4 is 0 Å². The van der Waals surface area contributed by atoms with Gasteiger partial charge in [0, 0.05) is 0 Å². The zero-order valence-electron chi connectivity index (χ0n) is 29.2. The van der Waals surface area contributed by atoms with Crippen LogP contribution in [0.25, 0.3) is 11.1 Å². The van der Waals surface area contributed by atoms with Crippen LogP contribution in [0.2, 0.25) is 35.7 Å². The Morgan fingerprint density at radius 3 is 1.74 bits per heavy atom. The van der Waals surface area contributed by atoms with Crippen LogP contribution >= 0.6 is 0 Å². The van der Waals surface area contributed by atoms with Gasteiger partial charge in [-0.15, -0.1) is 0 Å². The molecule has 3 unspecified atom stereocenters. The van der Waals surface area contributed by atoms with Crippen molar-refractivity contribution >= 4 is 8.07 Å². The van der Waals surface area contributed by atoms with E-state index in [0.717, 1.165) is 3.63 Å². The Balaban J connectivity index is 1.76. The molecule has 0 nitrogen and oxygen atoms in total. The van der Waals surface area contributed by atoms with E-state index in [-0.39, 0.29) is 16.2 Å². The molecule has 1 heterocycles. The summed E-state index contributed by atoms with van der Waals surface area (Å²) >= 11 is -2.24. The van der Waals surface area contributed by atoms with Gasteiger partial charge < -0.3 is 0 Å². The first kappa shape index (κ1) is 32.4. The Labute approximate surface area is 265 Å². The summed E-state index contributed by atoms with van der Waals surface area (Å²) < 4.78 is 5.82. The van der Waals surface area contributed by atoms with Gasteiger partial charge in [-0.25, -0.2) is 0 Å². The van der Waals surface area contributed by atoms with Crippen molar-refractivity contribution in [1.29, 1.82) is 0 Å². The third-order valence-corrected chi connectivity index (χ3v) is 28.1. The molecule has 5 rings (SSSR count). The van der Waals surface area contributed by atoms with Crippen LogP contribution in [-0.2, 0) is 31.1 Å². The minimum absolute atomic E-state index is 0.144. The number of rotatable bonds is 9. The summed E-state index contributed by atoms with van der Waals surface area (Å²) in [7, 11) is -1.37. The molecule has 228 valence electrons. The molecule has 2 aromatic carbocycles. The molecule has 2 heteroatoms. The van der Waals surface area contributed by atoms with Crippen molar-refractivity contribution in [2.45, 2.75) is 140 Å². The van der Waals surface area contributed by atoms with Crippen molar-refractivity contribution in [2.24, 2.45) is 5.41 Å². The molecule has 42 heavy (non-hydrogen) atoms. The molecule has 3 atom stereocenters. The first-order valence-corrected chi connectivity index (χ1v) is 27.3. The minimum atomic E-state index is -2.24. The molecule has 1 fully saturated rings.